The molecular weight excluding hydrogens is 605 g/mol. The van der Waals surface area contributed by atoms with Gasteiger partial charge in [0.15, 0.2) is 5.78 Å². The molecule has 0 saturated carbocycles. The molecule has 1 heterocycles. The third-order valence-electron chi connectivity index (χ3n) is 8.26. The molecule has 7 nitrogen and oxygen atoms in total. The van der Waals surface area contributed by atoms with E-state index in [1.807, 2.05) is 55.6 Å². The van der Waals surface area contributed by atoms with Crippen molar-refractivity contribution in [3.8, 4) is 0 Å². The molecular formula is C39H56N4O3S. The van der Waals surface area contributed by atoms with Crippen LogP contribution in [-0.4, -0.2) is 46.7 Å². The highest BCUT2D eigenvalue weighted by molar-refractivity contribution is 7.09. The Balaban J connectivity index is 1.72. The molecule has 47 heavy (non-hydrogen) atoms. The minimum absolute atomic E-state index is 0.0369. The molecule has 0 saturated heterocycles. The number of aromatic nitrogens is 1. The number of carbonyl (C=O) groups excluding carboxylic acids is 3. The van der Waals surface area contributed by atoms with E-state index in [4.69, 9.17) is 0 Å². The molecule has 3 rings (SSSR count). The van der Waals surface area contributed by atoms with Crippen LogP contribution < -0.4 is 10.6 Å². The van der Waals surface area contributed by atoms with Crippen molar-refractivity contribution in [1.82, 2.24) is 20.5 Å². The van der Waals surface area contributed by atoms with Gasteiger partial charge in [0.05, 0.1) is 23.3 Å². The first-order valence-electron chi connectivity index (χ1n) is 17.1. The zero-order chi connectivity index (χ0) is 34.6. The first-order chi connectivity index (χ1) is 22.2. The second kappa shape index (κ2) is 18.1. The van der Waals surface area contributed by atoms with Crippen LogP contribution in [0.25, 0.3) is 0 Å². The number of thiazole rings is 1. The lowest BCUT2D eigenvalue weighted by molar-refractivity contribution is -0.124. The molecule has 3 amide bonds. The number of hydrogen-bond acceptors (Lipinski definition) is 5. The van der Waals surface area contributed by atoms with Crippen molar-refractivity contribution >= 4 is 29.1 Å². The molecule has 0 aliphatic rings. The molecule has 2 aromatic carbocycles. The van der Waals surface area contributed by atoms with Gasteiger partial charge in [-0.3, -0.25) is 9.59 Å². The predicted octanol–water partition coefficient (Wildman–Crippen LogP) is 8.19. The van der Waals surface area contributed by atoms with Gasteiger partial charge in [-0.2, -0.15) is 0 Å². The first-order valence-corrected chi connectivity index (χ1v) is 17.9. The summed E-state index contributed by atoms with van der Waals surface area (Å²) in [6.45, 7) is 14.8. The van der Waals surface area contributed by atoms with E-state index in [1.165, 1.54) is 11.1 Å². The molecule has 0 spiro atoms. The second-order valence-corrected chi connectivity index (χ2v) is 15.7. The van der Waals surface area contributed by atoms with Crippen LogP contribution in [-0.2, 0) is 29.0 Å². The van der Waals surface area contributed by atoms with E-state index in [9.17, 15) is 14.4 Å². The summed E-state index contributed by atoms with van der Waals surface area (Å²) in [6.07, 6.45) is 3.81. The van der Waals surface area contributed by atoms with Gasteiger partial charge in [-0.25, -0.2) is 9.78 Å². The maximum Gasteiger partial charge on any atom is 0.318 e. The number of nitrogens with zero attached hydrogens (tertiary/aromatic N) is 2. The lowest BCUT2D eigenvalue weighted by Crippen LogP contribution is -2.49. The average molecular weight is 661 g/mol. The fourth-order valence-electron chi connectivity index (χ4n) is 5.79. The van der Waals surface area contributed by atoms with Gasteiger partial charge in [0, 0.05) is 37.2 Å². The van der Waals surface area contributed by atoms with Gasteiger partial charge in [-0.15, -0.1) is 11.3 Å². The van der Waals surface area contributed by atoms with Crippen molar-refractivity contribution in [2.24, 2.45) is 17.3 Å². The lowest BCUT2D eigenvalue weighted by atomic mass is 9.85. The van der Waals surface area contributed by atoms with E-state index in [0.717, 1.165) is 36.4 Å². The van der Waals surface area contributed by atoms with Crippen LogP contribution in [0.2, 0.25) is 0 Å². The number of rotatable bonds is 17. The van der Waals surface area contributed by atoms with Crippen molar-refractivity contribution in [3.05, 3.63) is 87.9 Å². The molecule has 0 radical (unpaired) electrons. The number of carbonyl (C=O) groups is 3. The smallest absolute Gasteiger partial charge is 0.318 e. The normalized spacial score (nSPS) is 13.7. The molecule has 1 aromatic heterocycles. The monoisotopic (exact) mass is 660 g/mol. The highest BCUT2D eigenvalue weighted by Crippen LogP contribution is 2.24. The highest BCUT2D eigenvalue weighted by atomic mass is 32.1. The van der Waals surface area contributed by atoms with E-state index in [1.54, 1.807) is 23.3 Å². The average Bonchev–Trinajstić information content (AvgIpc) is 3.47. The van der Waals surface area contributed by atoms with Gasteiger partial charge in [0.2, 0.25) is 5.91 Å². The van der Waals surface area contributed by atoms with E-state index < -0.39 is 6.04 Å². The summed E-state index contributed by atoms with van der Waals surface area (Å²) in [7, 11) is 1.74. The zero-order valence-electron chi connectivity index (χ0n) is 29.7. The Morgan fingerprint density at radius 2 is 1.45 bits per heavy atom. The minimum atomic E-state index is -0.600. The topological polar surface area (TPSA) is 91.4 Å². The van der Waals surface area contributed by atoms with Gasteiger partial charge in [-0.05, 0) is 54.1 Å². The van der Waals surface area contributed by atoms with Crippen LogP contribution in [0, 0.1) is 17.3 Å². The summed E-state index contributed by atoms with van der Waals surface area (Å²) in [5, 5.41) is 9.39. The molecule has 2 N–H and O–H groups in total. The van der Waals surface area contributed by atoms with Crippen molar-refractivity contribution in [3.63, 3.8) is 0 Å². The number of nitrogens with one attached hydrogen (secondary N) is 2. The van der Waals surface area contributed by atoms with Gasteiger partial charge in [-0.1, -0.05) is 109 Å². The number of ketones is 1. The fourth-order valence-corrected chi connectivity index (χ4v) is 6.62. The minimum Gasteiger partial charge on any atom is -0.353 e. The third-order valence-corrected chi connectivity index (χ3v) is 9.46. The number of amides is 3. The van der Waals surface area contributed by atoms with E-state index in [0.29, 0.717) is 25.3 Å². The molecule has 3 aromatic rings. The standard InChI is InChI=1S/C39H56N4O3S/c1-27(2)36(42-38(46)43(8)25-33-26-47-37(41-33)28(3)4)34(44)23-31(21-29-15-11-9-12-16-29)19-20-32(22-30-17-13-10-14-18-30)40-35(45)24-39(5,6)7/h9-18,26-28,31-32,36H,19-25H2,1-8H3,(H,40,45)(H,42,46)/t31-,32-,36+/m1/s1. The summed E-state index contributed by atoms with van der Waals surface area (Å²) in [6, 6.07) is 19.6. The van der Waals surface area contributed by atoms with Crippen LogP contribution in [0.1, 0.15) is 102 Å². The van der Waals surface area contributed by atoms with Crippen LogP contribution in [0.3, 0.4) is 0 Å². The number of benzene rings is 2. The Morgan fingerprint density at radius 3 is 1.98 bits per heavy atom. The Bertz CT molecular complexity index is 1400. The van der Waals surface area contributed by atoms with E-state index >= 15 is 0 Å². The molecule has 0 aliphatic carbocycles. The van der Waals surface area contributed by atoms with Crippen molar-refractivity contribution < 1.29 is 14.4 Å². The Hall–Kier alpha value is -3.52. The highest BCUT2D eigenvalue weighted by Gasteiger charge is 2.29. The quantitative estimate of drug-likeness (QED) is 0.153. The molecule has 0 fully saturated rings. The molecule has 3 atom stereocenters. The molecule has 0 aliphatic heterocycles. The summed E-state index contributed by atoms with van der Waals surface area (Å²) in [5.41, 5.74) is 3.10. The summed E-state index contributed by atoms with van der Waals surface area (Å²) in [5.74, 6) is 0.427. The van der Waals surface area contributed by atoms with Gasteiger partial charge in [0.25, 0.3) is 0 Å². The summed E-state index contributed by atoms with van der Waals surface area (Å²) in [4.78, 5) is 46.5. The molecule has 8 heteroatoms. The SMILES string of the molecule is CC(C)c1nc(CN(C)C(=O)N[C@H](C(=O)C[C@H](CC[C@H](Cc2ccccc2)NC(=O)CC(C)(C)C)Cc2ccccc2)C(C)C)cs1. The molecule has 0 unspecified atom stereocenters. The van der Waals surface area contributed by atoms with Crippen molar-refractivity contribution in [2.45, 2.75) is 112 Å². The first kappa shape index (κ1) is 37.9. The Labute approximate surface area is 287 Å². The predicted molar refractivity (Wildman–Crippen MR) is 193 cm³/mol. The maximum absolute atomic E-state index is 13.9. The third kappa shape index (κ3) is 13.6. The Kier molecular flexibility index (Phi) is 14.6. The number of urea groups is 1. The van der Waals surface area contributed by atoms with Crippen LogP contribution in [0.5, 0.6) is 0 Å². The van der Waals surface area contributed by atoms with Crippen LogP contribution in [0.15, 0.2) is 66.0 Å². The molecule has 256 valence electrons. The molecule has 0 bridgehead atoms. The zero-order valence-corrected chi connectivity index (χ0v) is 30.5. The summed E-state index contributed by atoms with van der Waals surface area (Å²) < 4.78 is 0. The van der Waals surface area contributed by atoms with Crippen molar-refractivity contribution in [2.75, 3.05) is 7.05 Å². The number of Topliss-reactive ketones (excluding diaryl/α,β-unsaturated/α-hetero) is 1. The fraction of sp³-hybridized carbons (Fsp3) is 0.538. The summed E-state index contributed by atoms with van der Waals surface area (Å²) >= 11 is 1.61. The number of hydrogen-bond donors (Lipinski definition) is 2. The van der Waals surface area contributed by atoms with E-state index in [2.05, 4.69) is 74.5 Å². The Morgan fingerprint density at radius 1 is 0.851 bits per heavy atom. The van der Waals surface area contributed by atoms with Gasteiger partial charge >= 0.3 is 6.03 Å². The van der Waals surface area contributed by atoms with Gasteiger partial charge < -0.3 is 15.5 Å². The second-order valence-electron chi connectivity index (χ2n) is 14.9. The largest absolute Gasteiger partial charge is 0.353 e. The van der Waals surface area contributed by atoms with Crippen LogP contribution in [0.4, 0.5) is 4.79 Å². The maximum atomic E-state index is 13.9. The van der Waals surface area contributed by atoms with E-state index in [-0.39, 0.29) is 41.0 Å². The van der Waals surface area contributed by atoms with Crippen molar-refractivity contribution in [1.29, 1.82) is 0 Å². The lowest BCUT2D eigenvalue weighted by Gasteiger charge is -2.28. The van der Waals surface area contributed by atoms with Gasteiger partial charge in [0.1, 0.15) is 0 Å². The van der Waals surface area contributed by atoms with Crippen LogP contribution >= 0.6 is 11.3 Å².